The average Bonchev–Trinajstić information content (AvgIpc) is 2.60. The number of allylic oxidation sites excluding steroid dienone is 6. The summed E-state index contributed by atoms with van der Waals surface area (Å²) >= 11 is 0. The number of rotatable bonds is 8. The summed E-state index contributed by atoms with van der Waals surface area (Å²) in [7, 11) is -3.80. The van der Waals surface area contributed by atoms with Gasteiger partial charge in [0, 0.05) is 5.92 Å². The van der Waals surface area contributed by atoms with Gasteiger partial charge in [0.2, 0.25) is 0 Å². The summed E-state index contributed by atoms with van der Waals surface area (Å²) in [6.07, 6.45) is 12.0. The molecule has 0 fully saturated rings. The van der Waals surface area contributed by atoms with E-state index in [2.05, 4.69) is 0 Å². The summed E-state index contributed by atoms with van der Waals surface area (Å²) in [4.78, 5) is 0.124. The molecule has 0 N–H and O–H groups in total. The zero-order chi connectivity index (χ0) is 18.3. The van der Waals surface area contributed by atoms with Gasteiger partial charge in [-0.1, -0.05) is 54.2 Å². The molecule has 0 aromatic heterocycles. The largest absolute Gasteiger partial charge is 0.296 e. The summed E-state index contributed by atoms with van der Waals surface area (Å²) < 4.78 is 44.6. The fraction of sp³-hybridized carbons (Fsp3) is 0.400. The Morgan fingerprint density at radius 3 is 2.60 bits per heavy atom. The van der Waals surface area contributed by atoms with Gasteiger partial charge in [0.15, 0.2) is 0 Å². The normalized spacial score (nSPS) is 20.0. The summed E-state index contributed by atoms with van der Waals surface area (Å²) in [6, 6.07) is 6.47. The minimum absolute atomic E-state index is 0.0360. The van der Waals surface area contributed by atoms with Gasteiger partial charge in [-0.15, -0.1) is 0 Å². The fourth-order valence-electron chi connectivity index (χ4n) is 2.89. The molecular formula is C20H25FO3S. The fourth-order valence-corrected chi connectivity index (χ4v) is 3.83. The van der Waals surface area contributed by atoms with Crippen LogP contribution >= 0.6 is 0 Å². The first kappa shape index (κ1) is 19.6. The molecule has 1 aliphatic rings. The van der Waals surface area contributed by atoms with Crippen molar-refractivity contribution in [1.29, 1.82) is 0 Å². The predicted molar refractivity (Wildman–Crippen MR) is 98.6 cm³/mol. The van der Waals surface area contributed by atoms with Crippen molar-refractivity contribution in [2.75, 3.05) is 6.61 Å². The molecule has 2 rings (SSSR count). The molecule has 1 aromatic rings. The molecule has 2 unspecified atom stereocenters. The Kier molecular flexibility index (Phi) is 6.73. The molecule has 25 heavy (non-hydrogen) atoms. The lowest BCUT2D eigenvalue weighted by Gasteiger charge is -2.30. The number of hydrogen-bond acceptors (Lipinski definition) is 3. The maximum absolute atomic E-state index is 15.3. The van der Waals surface area contributed by atoms with Gasteiger partial charge in [-0.3, -0.25) is 4.18 Å². The molecule has 0 heterocycles. The molecule has 1 aromatic carbocycles. The Morgan fingerprint density at radius 1 is 1.28 bits per heavy atom. The van der Waals surface area contributed by atoms with Crippen LogP contribution in [-0.4, -0.2) is 20.7 Å². The van der Waals surface area contributed by atoms with Crippen molar-refractivity contribution in [3.63, 3.8) is 0 Å². The smallest absolute Gasteiger partial charge is 0.266 e. The van der Waals surface area contributed by atoms with Gasteiger partial charge in [0.05, 0.1) is 11.5 Å². The van der Waals surface area contributed by atoms with Crippen LogP contribution in [-0.2, 0) is 14.3 Å². The molecule has 0 spiro atoms. The van der Waals surface area contributed by atoms with E-state index in [9.17, 15) is 8.42 Å². The van der Waals surface area contributed by atoms with Crippen LogP contribution in [0.1, 0.15) is 31.7 Å². The van der Waals surface area contributed by atoms with Gasteiger partial charge in [-0.25, -0.2) is 4.39 Å². The first-order valence-corrected chi connectivity index (χ1v) is 9.90. The molecular weight excluding hydrogens is 339 g/mol. The van der Waals surface area contributed by atoms with Crippen LogP contribution in [0.3, 0.4) is 0 Å². The second-order valence-electron chi connectivity index (χ2n) is 6.27. The lowest BCUT2D eigenvalue weighted by molar-refractivity contribution is 0.140. The van der Waals surface area contributed by atoms with E-state index in [1.54, 1.807) is 31.2 Å². The maximum Gasteiger partial charge on any atom is 0.296 e. The second kappa shape index (κ2) is 8.59. The zero-order valence-electron chi connectivity index (χ0n) is 14.7. The summed E-state index contributed by atoms with van der Waals surface area (Å²) in [5.41, 5.74) is -0.519. The molecule has 136 valence electrons. The van der Waals surface area contributed by atoms with Crippen LogP contribution in [0.4, 0.5) is 4.39 Å². The Hall–Kier alpha value is -1.72. The van der Waals surface area contributed by atoms with Crippen LogP contribution in [0.25, 0.3) is 0 Å². The van der Waals surface area contributed by atoms with Crippen LogP contribution in [0.15, 0.2) is 65.6 Å². The molecule has 0 amide bonds. The molecule has 0 bridgehead atoms. The van der Waals surface area contributed by atoms with Crippen molar-refractivity contribution in [3.8, 4) is 0 Å². The topological polar surface area (TPSA) is 43.4 Å². The minimum atomic E-state index is -3.80. The van der Waals surface area contributed by atoms with Crippen LogP contribution in [0.5, 0.6) is 0 Å². The van der Waals surface area contributed by atoms with Gasteiger partial charge < -0.3 is 0 Å². The van der Waals surface area contributed by atoms with Crippen molar-refractivity contribution >= 4 is 10.1 Å². The Morgan fingerprint density at radius 2 is 2.00 bits per heavy atom. The maximum atomic E-state index is 15.3. The average molecular weight is 364 g/mol. The highest BCUT2D eigenvalue weighted by atomic mass is 32.2. The van der Waals surface area contributed by atoms with Crippen LogP contribution in [0, 0.1) is 12.8 Å². The molecule has 0 saturated heterocycles. The second-order valence-corrected chi connectivity index (χ2v) is 7.89. The van der Waals surface area contributed by atoms with E-state index in [0.717, 1.165) is 5.56 Å². The summed E-state index contributed by atoms with van der Waals surface area (Å²) in [6.45, 7) is 3.63. The first-order chi connectivity index (χ1) is 11.9. The predicted octanol–water partition coefficient (Wildman–Crippen LogP) is 4.90. The molecule has 1 aliphatic carbocycles. The number of halogens is 1. The monoisotopic (exact) mass is 364 g/mol. The van der Waals surface area contributed by atoms with Crippen molar-refractivity contribution < 1.29 is 17.0 Å². The number of aryl methyl sites for hydroxylation is 1. The lowest BCUT2D eigenvalue weighted by Crippen LogP contribution is -2.30. The van der Waals surface area contributed by atoms with E-state index in [-0.39, 0.29) is 23.8 Å². The molecule has 0 radical (unpaired) electrons. The standard InChI is InChI=1S/C20H25FO3S/c1-3-14-20(21,18-8-5-4-6-9-18)15-7-16-24-25(22,23)19-12-10-17(2)11-13-19/h3-6,8,10-14,18H,7,9,15-16H2,1-2H3/b14-3+. The van der Waals surface area contributed by atoms with Gasteiger partial charge in [0.1, 0.15) is 5.67 Å². The summed E-state index contributed by atoms with van der Waals surface area (Å²) in [5, 5.41) is 0. The van der Waals surface area contributed by atoms with E-state index < -0.39 is 15.8 Å². The Labute approximate surface area is 150 Å². The third-order valence-corrected chi connectivity index (χ3v) is 5.62. The van der Waals surface area contributed by atoms with Crippen molar-refractivity contribution in [3.05, 3.63) is 66.3 Å². The van der Waals surface area contributed by atoms with E-state index in [1.807, 2.05) is 31.2 Å². The van der Waals surface area contributed by atoms with E-state index in [4.69, 9.17) is 4.18 Å². The van der Waals surface area contributed by atoms with Gasteiger partial charge in [-0.05, 0) is 45.2 Å². The highest BCUT2D eigenvalue weighted by molar-refractivity contribution is 7.86. The van der Waals surface area contributed by atoms with E-state index in [1.165, 1.54) is 12.1 Å². The third kappa shape index (κ3) is 5.38. The van der Waals surface area contributed by atoms with Gasteiger partial charge in [0.25, 0.3) is 10.1 Å². The summed E-state index contributed by atoms with van der Waals surface area (Å²) in [5.74, 6) is -0.234. The van der Waals surface area contributed by atoms with Crippen LogP contribution in [0.2, 0.25) is 0 Å². The first-order valence-electron chi connectivity index (χ1n) is 8.49. The van der Waals surface area contributed by atoms with Crippen LogP contribution < -0.4 is 0 Å². The SMILES string of the molecule is C/C=C/C(F)(CCCOS(=O)(=O)c1ccc(C)cc1)C1C=CC=CC1. The molecule has 3 nitrogen and oxygen atoms in total. The van der Waals surface area contributed by atoms with Gasteiger partial charge >= 0.3 is 0 Å². The highest BCUT2D eigenvalue weighted by Crippen LogP contribution is 2.35. The minimum Gasteiger partial charge on any atom is -0.266 e. The molecule has 0 aliphatic heterocycles. The quantitative estimate of drug-likeness (QED) is 0.374. The number of benzene rings is 1. The molecule has 0 saturated carbocycles. The Bertz CT molecular complexity index is 748. The molecule has 2 atom stereocenters. The van der Waals surface area contributed by atoms with Crippen molar-refractivity contribution in [2.45, 2.75) is 43.7 Å². The zero-order valence-corrected chi connectivity index (χ0v) is 15.5. The highest BCUT2D eigenvalue weighted by Gasteiger charge is 2.34. The lowest BCUT2D eigenvalue weighted by atomic mass is 9.81. The van der Waals surface area contributed by atoms with E-state index in [0.29, 0.717) is 12.8 Å². The van der Waals surface area contributed by atoms with Crippen molar-refractivity contribution in [2.24, 2.45) is 5.92 Å². The van der Waals surface area contributed by atoms with E-state index >= 15 is 4.39 Å². The van der Waals surface area contributed by atoms with Gasteiger partial charge in [-0.2, -0.15) is 8.42 Å². The number of alkyl halides is 1. The molecule has 5 heteroatoms. The third-order valence-electron chi connectivity index (χ3n) is 4.29. The van der Waals surface area contributed by atoms with Crippen molar-refractivity contribution in [1.82, 2.24) is 0 Å². The Balaban J connectivity index is 1.92. The number of hydrogen-bond donors (Lipinski definition) is 0.